The van der Waals surface area contributed by atoms with Crippen molar-refractivity contribution in [3.8, 4) is 16.8 Å². The van der Waals surface area contributed by atoms with Crippen LogP contribution in [0.5, 0.6) is 0 Å². The van der Waals surface area contributed by atoms with Crippen LogP contribution in [-0.4, -0.2) is 4.57 Å². The first-order chi connectivity index (χ1) is 26.8. The SMILES string of the molecule is c1ccc(N(c2cccc(-c3ccccc3-n3c4ccccc4c4c5ccccc5ccc43)c2)c2ccc3ccc4c5ccccc5ccc4c3c2)cc1. The lowest BCUT2D eigenvalue weighted by molar-refractivity contribution is 1.18. The minimum atomic E-state index is 1.10. The van der Waals surface area contributed by atoms with Gasteiger partial charge >= 0.3 is 0 Å². The maximum Gasteiger partial charge on any atom is 0.0547 e. The molecule has 11 aromatic rings. The molecule has 0 unspecified atom stereocenters. The molecule has 2 heteroatoms. The van der Waals surface area contributed by atoms with Crippen LogP contribution >= 0.6 is 0 Å². The number of benzene rings is 10. The normalized spacial score (nSPS) is 11.7. The number of anilines is 3. The molecule has 252 valence electrons. The smallest absolute Gasteiger partial charge is 0.0547 e. The molecule has 0 amide bonds. The monoisotopic (exact) mass is 686 g/mol. The van der Waals surface area contributed by atoms with Gasteiger partial charge < -0.3 is 9.47 Å². The second-order valence-corrected chi connectivity index (χ2v) is 14.1. The zero-order chi connectivity index (χ0) is 35.6. The Labute approximate surface area is 313 Å². The van der Waals surface area contributed by atoms with Crippen molar-refractivity contribution in [3.63, 3.8) is 0 Å². The van der Waals surface area contributed by atoms with Crippen molar-refractivity contribution in [2.75, 3.05) is 4.90 Å². The maximum absolute atomic E-state index is 2.45. The van der Waals surface area contributed by atoms with Gasteiger partial charge in [-0.25, -0.2) is 0 Å². The van der Waals surface area contributed by atoms with Gasteiger partial charge in [0.25, 0.3) is 0 Å². The number of hydrogen-bond acceptors (Lipinski definition) is 1. The summed E-state index contributed by atoms with van der Waals surface area (Å²) < 4.78 is 2.45. The number of nitrogens with zero attached hydrogens (tertiary/aromatic N) is 2. The van der Waals surface area contributed by atoms with Gasteiger partial charge in [-0.2, -0.15) is 0 Å². The molecule has 0 N–H and O–H groups in total. The molecule has 0 saturated carbocycles. The van der Waals surface area contributed by atoms with Crippen molar-refractivity contribution >= 4 is 82.0 Å². The molecule has 2 nitrogen and oxygen atoms in total. The van der Waals surface area contributed by atoms with Crippen molar-refractivity contribution in [1.82, 2.24) is 4.57 Å². The summed E-state index contributed by atoms with van der Waals surface area (Å²) in [6.45, 7) is 0. The fourth-order valence-electron chi connectivity index (χ4n) is 8.69. The van der Waals surface area contributed by atoms with Gasteiger partial charge in [-0.15, -0.1) is 0 Å². The van der Waals surface area contributed by atoms with Gasteiger partial charge in [-0.05, 0) is 103 Å². The summed E-state index contributed by atoms with van der Waals surface area (Å²) >= 11 is 0. The van der Waals surface area contributed by atoms with Gasteiger partial charge in [0, 0.05) is 33.4 Å². The second-order valence-electron chi connectivity index (χ2n) is 14.1. The Bertz CT molecular complexity index is 3230. The Balaban J connectivity index is 1.11. The molecule has 10 aromatic carbocycles. The molecule has 0 fully saturated rings. The van der Waals surface area contributed by atoms with Crippen LogP contribution in [0.1, 0.15) is 0 Å². The zero-order valence-corrected chi connectivity index (χ0v) is 29.5. The van der Waals surface area contributed by atoms with E-state index < -0.39 is 0 Å². The highest BCUT2D eigenvalue weighted by Crippen LogP contribution is 2.42. The van der Waals surface area contributed by atoms with Crippen molar-refractivity contribution in [1.29, 1.82) is 0 Å². The average Bonchev–Trinajstić information content (AvgIpc) is 3.59. The predicted octanol–water partition coefficient (Wildman–Crippen LogP) is 14.5. The Morgan fingerprint density at radius 2 is 0.907 bits per heavy atom. The number of aromatic nitrogens is 1. The van der Waals surface area contributed by atoms with E-state index in [9.17, 15) is 0 Å². The summed E-state index contributed by atoms with van der Waals surface area (Å²) in [4.78, 5) is 2.39. The minimum absolute atomic E-state index is 1.10. The molecule has 0 bridgehead atoms. The Kier molecular flexibility index (Phi) is 6.90. The zero-order valence-electron chi connectivity index (χ0n) is 29.5. The molecule has 1 heterocycles. The van der Waals surface area contributed by atoms with Crippen LogP contribution in [0.15, 0.2) is 206 Å². The molecule has 0 saturated heterocycles. The molecule has 54 heavy (non-hydrogen) atoms. The molecule has 0 aliphatic heterocycles. The van der Waals surface area contributed by atoms with Crippen molar-refractivity contribution in [3.05, 3.63) is 206 Å². The largest absolute Gasteiger partial charge is 0.310 e. The number of para-hydroxylation sites is 3. The summed E-state index contributed by atoms with van der Waals surface area (Å²) in [5.41, 5.74) is 9.25. The van der Waals surface area contributed by atoms with Crippen LogP contribution in [0, 0.1) is 0 Å². The first-order valence-electron chi connectivity index (χ1n) is 18.6. The third-order valence-electron chi connectivity index (χ3n) is 11.1. The fourth-order valence-corrected chi connectivity index (χ4v) is 8.69. The number of fused-ring (bicyclic) bond motifs is 10. The van der Waals surface area contributed by atoms with Crippen LogP contribution in [0.3, 0.4) is 0 Å². The Hall–Kier alpha value is -7.16. The number of hydrogen-bond donors (Lipinski definition) is 0. The van der Waals surface area contributed by atoms with E-state index in [1.165, 1.54) is 70.5 Å². The quantitative estimate of drug-likeness (QED) is 0.164. The predicted molar refractivity (Wildman–Crippen MR) is 231 cm³/mol. The van der Waals surface area contributed by atoms with Crippen LogP contribution in [0.2, 0.25) is 0 Å². The van der Waals surface area contributed by atoms with Gasteiger partial charge in [0.15, 0.2) is 0 Å². The average molecular weight is 687 g/mol. The molecule has 0 aliphatic carbocycles. The van der Waals surface area contributed by atoms with E-state index in [0.717, 1.165) is 28.3 Å². The molecular weight excluding hydrogens is 653 g/mol. The van der Waals surface area contributed by atoms with Crippen molar-refractivity contribution in [2.45, 2.75) is 0 Å². The maximum atomic E-state index is 2.45. The highest BCUT2D eigenvalue weighted by Gasteiger charge is 2.19. The van der Waals surface area contributed by atoms with Gasteiger partial charge in [0.1, 0.15) is 0 Å². The van der Waals surface area contributed by atoms with Crippen molar-refractivity contribution < 1.29 is 0 Å². The summed E-state index contributed by atoms with van der Waals surface area (Å²) in [5, 5.41) is 12.7. The van der Waals surface area contributed by atoms with Gasteiger partial charge in [0.05, 0.1) is 16.7 Å². The van der Waals surface area contributed by atoms with E-state index in [4.69, 9.17) is 0 Å². The molecule has 0 spiro atoms. The standard InChI is InChI=1S/C52H34N2/c1-2-16-39(17-3-1)53(41-29-25-37-27-30-45-42-19-6-4-13-35(42)26-31-46(45)48(37)34-41)40-18-12-15-38(33-40)43-20-8-10-23-49(43)54-50-24-11-9-22-47(50)52-44-21-7-5-14-36(44)28-32-51(52)54/h1-34H. The summed E-state index contributed by atoms with van der Waals surface area (Å²) in [5.74, 6) is 0. The third-order valence-corrected chi connectivity index (χ3v) is 11.1. The first kappa shape index (κ1) is 30.5. The summed E-state index contributed by atoms with van der Waals surface area (Å²) in [7, 11) is 0. The van der Waals surface area contributed by atoms with Gasteiger partial charge in [0.2, 0.25) is 0 Å². The van der Waals surface area contributed by atoms with E-state index in [0.29, 0.717) is 0 Å². The van der Waals surface area contributed by atoms with E-state index in [1.54, 1.807) is 0 Å². The topological polar surface area (TPSA) is 8.17 Å². The van der Waals surface area contributed by atoms with Gasteiger partial charge in [-0.3, -0.25) is 0 Å². The molecule has 0 atom stereocenters. The van der Waals surface area contributed by atoms with Crippen LogP contribution in [0.25, 0.3) is 81.7 Å². The molecule has 1 aromatic heterocycles. The van der Waals surface area contributed by atoms with Crippen LogP contribution in [0.4, 0.5) is 17.1 Å². The lowest BCUT2D eigenvalue weighted by Gasteiger charge is -2.26. The van der Waals surface area contributed by atoms with Crippen molar-refractivity contribution in [2.24, 2.45) is 0 Å². The van der Waals surface area contributed by atoms with E-state index in [2.05, 4.69) is 216 Å². The van der Waals surface area contributed by atoms with Gasteiger partial charge in [-0.1, -0.05) is 152 Å². The highest BCUT2D eigenvalue weighted by atomic mass is 15.1. The van der Waals surface area contributed by atoms with E-state index in [1.807, 2.05) is 0 Å². The summed E-state index contributed by atoms with van der Waals surface area (Å²) in [6.07, 6.45) is 0. The second kappa shape index (κ2) is 12.2. The lowest BCUT2D eigenvalue weighted by atomic mass is 9.96. The Morgan fingerprint density at radius 1 is 0.315 bits per heavy atom. The van der Waals surface area contributed by atoms with Crippen LogP contribution < -0.4 is 4.90 Å². The summed E-state index contributed by atoms with van der Waals surface area (Å²) in [6, 6.07) is 75.3. The number of rotatable bonds is 5. The van der Waals surface area contributed by atoms with E-state index >= 15 is 0 Å². The minimum Gasteiger partial charge on any atom is -0.310 e. The Morgan fingerprint density at radius 3 is 1.76 bits per heavy atom. The molecular formula is C52H34N2. The molecule has 0 aliphatic rings. The molecule has 0 radical (unpaired) electrons. The third kappa shape index (κ3) is 4.74. The van der Waals surface area contributed by atoms with Crippen LogP contribution in [-0.2, 0) is 0 Å². The lowest BCUT2D eigenvalue weighted by Crippen LogP contribution is -2.10. The fraction of sp³-hybridized carbons (Fsp3) is 0. The first-order valence-corrected chi connectivity index (χ1v) is 18.6. The highest BCUT2D eigenvalue weighted by molar-refractivity contribution is 6.22. The van der Waals surface area contributed by atoms with E-state index in [-0.39, 0.29) is 0 Å². The molecule has 11 rings (SSSR count).